The van der Waals surface area contributed by atoms with Gasteiger partial charge in [0, 0.05) is 5.88 Å². The van der Waals surface area contributed by atoms with E-state index in [0.717, 1.165) is 18.7 Å². The third kappa shape index (κ3) is 10.6. The molecule has 0 amide bonds. The molecule has 72 valence electrons. The zero-order chi connectivity index (χ0) is 9.23. The van der Waals surface area contributed by atoms with Crippen molar-refractivity contribution < 1.29 is 0 Å². The molecule has 0 aromatic carbocycles. The largest absolute Gasteiger partial charge is 0.127 e. The fourth-order valence-electron chi connectivity index (χ4n) is 0.980. The molecule has 0 atom stereocenters. The van der Waals surface area contributed by atoms with Crippen LogP contribution in [0.3, 0.4) is 0 Å². The fraction of sp³-hybridized carbons (Fsp3) is 0.778. The minimum Gasteiger partial charge on any atom is -0.127 e. The summed E-state index contributed by atoms with van der Waals surface area (Å²) in [5.74, 6) is 0.785. The molecule has 0 radical (unpaired) electrons. The van der Waals surface area contributed by atoms with Crippen LogP contribution in [0.15, 0.2) is 10.6 Å². The molecule has 0 rings (SSSR count). The van der Waals surface area contributed by atoms with Crippen molar-refractivity contribution >= 4 is 34.8 Å². The Morgan fingerprint density at radius 3 is 2.08 bits per heavy atom. The van der Waals surface area contributed by atoms with Gasteiger partial charge < -0.3 is 0 Å². The van der Waals surface area contributed by atoms with Crippen LogP contribution in [0.2, 0.25) is 0 Å². The van der Waals surface area contributed by atoms with E-state index >= 15 is 0 Å². The minimum atomic E-state index is 0.385. The van der Waals surface area contributed by atoms with Gasteiger partial charge in [0.15, 0.2) is 0 Å². The molecule has 3 heteroatoms. The van der Waals surface area contributed by atoms with Crippen LogP contribution in [0, 0.1) is 0 Å². The summed E-state index contributed by atoms with van der Waals surface area (Å²) in [4.78, 5) is 0. The highest BCUT2D eigenvalue weighted by Gasteiger charge is 1.89. The highest BCUT2D eigenvalue weighted by molar-refractivity contribution is 6.55. The predicted molar refractivity (Wildman–Crippen MR) is 58.2 cm³/mol. The molecule has 0 N–H and O–H groups in total. The van der Waals surface area contributed by atoms with Crippen LogP contribution in [-0.2, 0) is 0 Å². The lowest BCUT2D eigenvalue weighted by Gasteiger charge is -1.96. The fourth-order valence-corrected chi connectivity index (χ4v) is 1.39. The van der Waals surface area contributed by atoms with Crippen molar-refractivity contribution in [1.29, 1.82) is 0 Å². The monoisotopic (exact) mass is 228 g/mol. The summed E-state index contributed by atoms with van der Waals surface area (Å²) in [7, 11) is 0. The molecule has 0 aliphatic heterocycles. The summed E-state index contributed by atoms with van der Waals surface area (Å²) in [6.07, 6.45) is 8.89. The lowest BCUT2D eigenvalue weighted by Crippen LogP contribution is -1.79. The Hall–Kier alpha value is 0.610. The molecular weight excluding hydrogens is 214 g/mol. The van der Waals surface area contributed by atoms with E-state index in [-0.39, 0.29) is 0 Å². The number of alkyl halides is 1. The van der Waals surface area contributed by atoms with Crippen molar-refractivity contribution in [3.63, 3.8) is 0 Å². The number of rotatable bonds is 7. The van der Waals surface area contributed by atoms with Crippen LogP contribution >= 0.6 is 34.8 Å². The Kier molecular flexibility index (Phi) is 10.2. The second kappa shape index (κ2) is 9.70. The van der Waals surface area contributed by atoms with Gasteiger partial charge in [0.1, 0.15) is 4.49 Å². The molecular formula is C9H15Cl3. The average molecular weight is 230 g/mol. The van der Waals surface area contributed by atoms with Gasteiger partial charge in [0.2, 0.25) is 0 Å². The van der Waals surface area contributed by atoms with Gasteiger partial charge in [-0.05, 0) is 19.3 Å². The summed E-state index contributed by atoms with van der Waals surface area (Å²) in [6, 6.07) is 0. The van der Waals surface area contributed by atoms with Crippen LogP contribution < -0.4 is 0 Å². The first-order chi connectivity index (χ1) is 5.77. The first-order valence-electron chi connectivity index (χ1n) is 4.34. The third-order valence-corrected chi connectivity index (χ3v) is 2.21. The second-order valence-electron chi connectivity index (χ2n) is 2.74. The quantitative estimate of drug-likeness (QED) is 0.431. The van der Waals surface area contributed by atoms with E-state index < -0.39 is 0 Å². The van der Waals surface area contributed by atoms with Crippen LogP contribution in [0.25, 0.3) is 0 Å². The van der Waals surface area contributed by atoms with E-state index in [0.29, 0.717) is 4.49 Å². The van der Waals surface area contributed by atoms with Gasteiger partial charge in [-0.2, -0.15) is 0 Å². The molecule has 0 nitrogen and oxygen atoms in total. The van der Waals surface area contributed by atoms with Gasteiger partial charge in [-0.1, -0.05) is 48.5 Å². The zero-order valence-corrected chi connectivity index (χ0v) is 9.43. The maximum Gasteiger partial charge on any atom is 0.102 e. The second-order valence-corrected chi connectivity index (χ2v) is 4.13. The molecule has 0 aromatic heterocycles. The Morgan fingerprint density at radius 2 is 1.50 bits per heavy atom. The molecule has 0 unspecified atom stereocenters. The summed E-state index contributed by atoms with van der Waals surface area (Å²) in [6.45, 7) is 0. The lowest BCUT2D eigenvalue weighted by atomic mass is 10.1. The van der Waals surface area contributed by atoms with Gasteiger partial charge >= 0.3 is 0 Å². The summed E-state index contributed by atoms with van der Waals surface area (Å²) in [5, 5.41) is 0. The number of halogens is 3. The number of hydrogen-bond donors (Lipinski definition) is 0. The smallest absolute Gasteiger partial charge is 0.102 e. The topological polar surface area (TPSA) is 0 Å². The van der Waals surface area contributed by atoms with Crippen LogP contribution in [-0.4, -0.2) is 5.88 Å². The van der Waals surface area contributed by atoms with Gasteiger partial charge in [-0.25, -0.2) is 0 Å². The molecule has 0 aromatic rings. The van der Waals surface area contributed by atoms with Gasteiger partial charge in [0.05, 0.1) is 0 Å². The van der Waals surface area contributed by atoms with Crippen molar-refractivity contribution in [2.24, 2.45) is 0 Å². The molecule has 0 aliphatic rings. The maximum atomic E-state index is 5.54. The van der Waals surface area contributed by atoms with Crippen molar-refractivity contribution in [2.45, 2.75) is 38.5 Å². The molecule has 0 fully saturated rings. The maximum absolute atomic E-state index is 5.54. The Bertz CT molecular complexity index is 117. The highest BCUT2D eigenvalue weighted by Crippen LogP contribution is 2.11. The van der Waals surface area contributed by atoms with E-state index in [1.807, 2.05) is 6.08 Å². The zero-order valence-electron chi connectivity index (χ0n) is 7.16. The van der Waals surface area contributed by atoms with Crippen LogP contribution in [0.1, 0.15) is 38.5 Å². The average Bonchev–Trinajstić information content (AvgIpc) is 2.02. The van der Waals surface area contributed by atoms with E-state index in [9.17, 15) is 0 Å². The first-order valence-corrected chi connectivity index (χ1v) is 5.63. The van der Waals surface area contributed by atoms with Crippen LogP contribution in [0.4, 0.5) is 0 Å². The Labute approximate surface area is 89.9 Å². The number of unbranched alkanes of at least 4 members (excludes halogenated alkanes) is 5. The van der Waals surface area contributed by atoms with Gasteiger partial charge in [-0.3, -0.25) is 0 Å². The summed E-state index contributed by atoms with van der Waals surface area (Å²) < 4.78 is 0.385. The van der Waals surface area contributed by atoms with Crippen molar-refractivity contribution in [2.75, 3.05) is 5.88 Å². The lowest BCUT2D eigenvalue weighted by molar-refractivity contribution is 0.639. The molecule has 0 aliphatic carbocycles. The van der Waals surface area contributed by atoms with Crippen molar-refractivity contribution in [1.82, 2.24) is 0 Å². The normalized spacial score (nSPS) is 9.92. The Balaban J connectivity index is 2.96. The number of hydrogen-bond acceptors (Lipinski definition) is 0. The Morgan fingerprint density at radius 1 is 0.917 bits per heavy atom. The van der Waals surface area contributed by atoms with Crippen LogP contribution in [0.5, 0.6) is 0 Å². The molecule has 0 bridgehead atoms. The van der Waals surface area contributed by atoms with E-state index in [1.165, 1.54) is 25.7 Å². The molecule has 0 spiro atoms. The molecule has 0 heterocycles. The first kappa shape index (κ1) is 12.6. The third-order valence-electron chi connectivity index (χ3n) is 1.64. The standard InChI is InChI=1S/C9H15Cl3/c10-8-6-4-2-1-3-5-7-9(11)12/h7H,1-6,8H2. The molecule has 0 saturated carbocycles. The van der Waals surface area contributed by atoms with Crippen molar-refractivity contribution in [3.05, 3.63) is 10.6 Å². The van der Waals surface area contributed by atoms with Gasteiger partial charge in [-0.15, -0.1) is 11.6 Å². The molecule has 12 heavy (non-hydrogen) atoms. The van der Waals surface area contributed by atoms with E-state index in [4.69, 9.17) is 34.8 Å². The van der Waals surface area contributed by atoms with E-state index in [2.05, 4.69) is 0 Å². The van der Waals surface area contributed by atoms with Gasteiger partial charge in [0.25, 0.3) is 0 Å². The summed E-state index contributed by atoms with van der Waals surface area (Å²) in [5.41, 5.74) is 0. The predicted octanol–water partition coefficient (Wildman–Crippen LogP) is 4.88. The van der Waals surface area contributed by atoms with E-state index in [1.54, 1.807) is 0 Å². The summed E-state index contributed by atoms with van der Waals surface area (Å²) >= 11 is 16.4. The van der Waals surface area contributed by atoms with Crippen molar-refractivity contribution in [3.8, 4) is 0 Å². The number of allylic oxidation sites excluding steroid dienone is 1. The SMILES string of the molecule is ClCCCCCCCC=C(Cl)Cl. The highest BCUT2D eigenvalue weighted by atomic mass is 35.5. The minimum absolute atomic E-state index is 0.385. The molecule has 0 saturated heterocycles.